The van der Waals surface area contributed by atoms with Crippen molar-refractivity contribution in [1.82, 2.24) is 0 Å². The van der Waals surface area contributed by atoms with E-state index in [1.54, 1.807) is 20.8 Å². The summed E-state index contributed by atoms with van der Waals surface area (Å²) in [5.74, 6) is -1.000. The molecule has 0 aliphatic rings. The van der Waals surface area contributed by atoms with Gasteiger partial charge in [-0.15, -0.1) is 0 Å². The van der Waals surface area contributed by atoms with Gasteiger partial charge < -0.3 is 18.3 Å². The van der Waals surface area contributed by atoms with Gasteiger partial charge in [-0.3, -0.25) is 0 Å². The van der Waals surface area contributed by atoms with E-state index >= 15 is 0 Å². The van der Waals surface area contributed by atoms with Crippen LogP contribution in [-0.2, 0) is 27.9 Å². The zero-order valence-electron chi connectivity index (χ0n) is 22.1. The predicted molar refractivity (Wildman–Crippen MR) is 136 cm³/mol. The van der Waals surface area contributed by atoms with Gasteiger partial charge in [0.15, 0.2) is 16.6 Å². The van der Waals surface area contributed by atoms with Crippen molar-refractivity contribution in [2.75, 3.05) is 19.8 Å². The minimum atomic E-state index is -2.07. The average Bonchev–Trinajstić information content (AvgIpc) is 2.80. The van der Waals surface area contributed by atoms with Gasteiger partial charge in [0, 0.05) is 12.2 Å². The number of carbonyl (C=O) groups is 2. The Hall–Kier alpha value is -0.966. The quantitative estimate of drug-likeness (QED) is 0.137. The standard InChI is InChI=1S/C24H48O6Si2/c1-10-27-23(25)20(9)22(24(26)28-11-2)21(30-32(15-6,16-7)17-8)18-19-29-31(12-3,13-4)14-5/h21H,10-19H2,1-9H3/b22-20-/t21-/m1/s1. The molecule has 0 rings (SSSR count). The summed E-state index contributed by atoms with van der Waals surface area (Å²) in [5.41, 5.74) is 0.560. The maximum absolute atomic E-state index is 13.0. The van der Waals surface area contributed by atoms with E-state index in [1.165, 1.54) is 0 Å². The first-order valence-corrected chi connectivity index (χ1v) is 17.6. The molecular formula is C24H48O6Si2. The normalized spacial score (nSPS) is 14.0. The highest BCUT2D eigenvalue weighted by atomic mass is 28.4. The summed E-state index contributed by atoms with van der Waals surface area (Å²) >= 11 is 0. The molecule has 0 aliphatic carbocycles. The molecule has 0 aromatic rings. The highest BCUT2D eigenvalue weighted by molar-refractivity contribution is 6.74. The van der Waals surface area contributed by atoms with Crippen molar-refractivity contribution in [1.29, 1.82) is 0 Å². The minimum Gasteiger partial charge on any atom is -0.463 e. The lowest BCUT2D eigenvalue weighted by Gasteiger charge is -2.35. The van der Waals surface area contributed by atoms with Gasteiger partial charge in [-0.2, -0.15) is 0 Å². The van der Waals surface area contributed by atoms with E-state index in [0.29, 0.717) is 13.0 Å². The van der Waals surface area contributed by atoms with Gasteiger partial charge in [0.25, 0.3) is 0 Å². The number of ether oxygens (including phenoxy) is 2. The van der Waals surface area contributed by atoms with Gasteiger partial charge in [0.05, 0.1) is 24.9 Å². The topological polar surface area (TPSA) is 71.1 Å². The fraction of sp³-hybridized carbons (Fsp3) is 0.833. The Morgan fingerprint density at radius 2 is 1.12 bits per heavy atom. The second kappa shape index (κ2) is 15.8. The molecule has 188 valence electrons. The van der Waals surface area contributed by atoms with Crippen LogP contribution >= 0.6 is 0 Å². The molecule has 0 N–H and O–H groups in total. The third-order valence-corrected chi connectivity index (χ3v) is 16.2. The molecule has 0 heterocycles. The second-order valence-electron chi connectivity index (χ2n) is 8.21. The zero-order chi connectivity index (χ0) is 24.8. The van der Waals surface area contributed by atoms with E-state index in [1.807, 2.05) is 0 Å². The van der Waals surface area contributed by atoms with Crippen molar-refractivity contribution in [3.05, 3.63) is 11.1 Å². The van der Waals surface area contributed by atoms with Gasteiger partial charge in [0.1, 0.15) is 0 Å². The van der Waals surface area contributed by atoms with Crippen molar-refractivity contribution in [3.63, 3.8) is 0 Å². The van der Waals surface area contributed by atoms with E-state index < -0.39 is 34.7 Å². The van der Waals surface area contributed by atoms with Crippen LogP contribution in [0.4, 0.5) is 0 Å². The van der Waals surface area contributed by atoms with Crippen molar-refractivity contribution < 1.29 is 27.9 Å². The molecular weight excluding hydrogens is 440 g/mol. The largest absolute Gasteiger partial charge is 0.463 e. The van der Waals surface area contributed by atoms with E-state index in [4.69, 9.17) is 18.3 Å². The van der Waals surface area contributed by atoms with Gasteiger partial charge in [-0.1, -0.05) is 41.5 Å². The molecule has 6 nitrogen and oxygen atoms in total. The molecule has 0 bridgehead atoms. The van der Waals surface area contributed by atoms with Crippen LogP contribution in [0.1, 0.15) is 68.7 Å². The van der Waals surface area contributed by atoms with Crippen LogP contribution in [0.25, 0.3) is 0 Å². The maximum atomic E-state index is 13.0. The lowest BCUT2D eigenvalue weighted by atomic mass is 10.0. The third-order valence-electron chi connectivity index (χ3n) is 6.85. The van der Waals surface area contributed by atoms with Crippen LogP contribution in [0.5, 0.6) is 0 Å². The van der Waals surface area contributed by atoms with Crippen LogP contribution < -0.4 is 0 Å². The summed E-state index contributed by atoms with van der Waals surface area (Å²) in [4.78, 5) is 25.6. The van der Waals surface area contributed by atoms with Crippen molar-refractivity contribution in [2.45, 2.75) is 111 Å². The highest BCUT2D eigenvalue weighted by Crippen LogP contribution is 2.30. The fourth-order valence-corrected chi connectivity index (χ4v) is 9.59. The van der Waals surface area contributed by atoms with Crippen molar-refractivity contribution in [2.24, 2.45) is 0 Å². The van der Waals surface area contributed by atoms with Crippen LogP contribution in [0.15, 0.2) is 11.1 Å². The van der Waals surface area contributed by atoms with E-state index in [0.717, 1.165) is 36.3 Å². The summed E-state index contributed by atoms with van der Waals surface area (Å²) in [5, 5.41) is 0. The summed E-state index contributed by atoms with van der Waals surface area (Å²) < 4.78 is 23.8. The molecule has 0 saturated heterocycles. The molecule has 8 heteroatoms. The molecule has 0 amide bonds. The molecule has 0 aromatic carbocycles. The molecule has 0 fully saturated rings. The van der Waals surface area contributed by atoms with E-state index in [-0.39, 0.29) is 24.4 Å². The summed E-state index contributed by atoms with van der Waals surface area (Å²) in [6.45, 7) is 19.2. The summed E-state index contributed by atoms with van der Waals surface area (Å²) in [7, 11) is -3.85. The first-order chi connectivity index (χ1) is 15.2. The van der Waals surface area contributed by atoms with Gasteiger partial charge in [-0.25, -0.2) is 9.59 Å². The van der Waals surface area contributed by atoms with Crippen LogP contribution in [0, 0.1) is 0 Å². The summed E-state index contributed by atoms with van der Waals surface area (Å²) in [6, 6.07) is 6.03. The number of hydrogen-bond donors (Lipinski definition) is 0. The van der Waals surface area contributed by atoms with Gasteiger partial charge >= 0.3 is 11.9 Å². The Labute approximate surface area is 198 Å². The lowest BCUT2D eigenvalue weighted by Crippen LogP contribution is -2.43. The van der Waals surface area contributed by atoms with Gasteiger partial charge in [0.2, 0.25) is 0 Å². The Balaban J connectivity index is 6.23. The number of esters is 2. The highest BCUT2D eigenvalue weighted by Gasteiger charge is 2.38. The third kappa shape index (κ3) is 8.76. The van der Waals surface area contributed by atoms with Crippen LogP contribution in [-0.4, -0.2) is 54.5 Å². The van der Waals surface area contributed by atoms with Gasteiger partial charge in [-0.05, 0) is 63.5 Å². The number of rotatable bonds is 17. The molecule has 32 heavy (non-hydrogen) atoms. The van der Waals surface area contributed by atoms with Crippen molar-refractivity contribution >= 4 is 28.6 Å². The van der Waals surface area contributed by atoms with Crippen LogP contribution in [0.3, 0.4) is 0 Å². The Kier molecular flexibility index (Phi) is 15.3. The molecule has 0 aromatic heterocycles. The van der Waals surface area contributed by atoms with Crippen LogP contribution in [0.2, 0.25) is 36.3 Å². The summed E-state index contributed by atoms with van der Waals surface area (Å²) in [6.07, 6.45) is -0.0174. The first kappa shape index (κ1) is 31.0. The van der Waals surface area contributed by atoms with Crippen molar-refractivity contribution in [3.8, 4) is 0 Å². The number of hydrogen-bond acceptors (Lipinski definition) is 6. The lowest BCUT2D eigenvalue weighted by molar-refractivity contribution is -0.142. The monoisotopic (exact) mass is 488 g/mol. The number of carbonyl (C=O) groups excluding carboxylic acids is 2. The Morgan fingerprint density at radius 3 is 1.53 bits per heavy atom. The maximum Gasteiger partial charge on any atom is 0.337 e. The average molecular weight is 489 g/mol. The Bertz CT molecular complexity index is 581. The van der Waals surface area contributed by atoms with E-state index in [9.17, 15) is 9.59 Å². The fourth-order valence-electron chi connectivity index (χ4n) is 4.09. The first-order valence-electron chi connectivity index (χ1n) is 12.6. The molecule has 0 spiro atoms. The SMILES string of the molecule is CCOC(=O)/C(C)=C(\C(=O)OCC)[C@@H](CCO[Si](CC)(CC)CC)O[Si](CC)(CC)CC. The molecule has 0 unspecified atom stereocenters. The molecule has 0 aliphatic heterocycles. The van der Waals surface area contributed by atoms with E-state index in [2.05, 4.69) is 41.5 Å². The molecule has 0 radical (unpaired) electrons. The zero-order valence-corrected chi connectivity index (χ0v) is 24.1. The smallest absolute Gasteiger partial charge is 0.337 e. The molecule has 0 saturated carbocycles. The second-order valence-corrected chi connectivity index (χ2v) is 17.7. The minimum absolute atomic E-state index is 0.233. The predicted octanol–water partition coefficient (Wildman–Crippen LogP) is 6.23. The molecule has 1 atom stereocenters. The Morgan fingerprint density at radius 1 is 0.688 bits per heavy atom.